The Labute approximate surface area is 136 Å². The second-order valence-electron chi connectivity index (χ2n) is 5.12. The van der Waals surface area contributed by atoms with E-state index in [4.69, 9.17) is 4.74 Å². The number of hydrogen-bond donors (Lipinski definition) is 1. The van der Waals surface area contributed by atoms with Crippen LogP contribution in [0.25, 0.3) is 0 Å². The van der Waals surface area contributed by atoms with Crippen molar-refractivity contribution >= 4 is 23.4 Å². The van der Waals surface area contributed by atoms with E-state index < -0.39 is 0 Å². The van der Waals surface area contributed by atoms with Gasteiger partial charge in [-0.25, -0.2) is 0 Å². The van der Waals surface area contributed by atoms with E-state index in [1.807, 2.05) is 43.3 Å². The minimum absolute atomic E-state index is 0.0170. The smallest absolute Gasteiger partial charge is 0.234 e. The van der Waals surface area contributed by atoms with Crippen LogP contribution in [-0.2, 0) is 4.79 Å². The summed E-state index contributed by atoms with van der Waals surface area (Å²) in [6.07, 6.45) is 0. The van der Waals surface area contributed by atoms with Crippen molar-refractivity contribution in [1.29, 1.82) is 0 Å². The highest BCUT2D eigenvalue weighted by Gasteiger charge is 2.11. The molecular weight excluding hydrogens is 294 g/mol. The molecule has 4 heteroatoms. The van der Waals surface area contributed by atoms with Crippen LogP contribution in [0.15, 0.2) is 48.5 Å². The molecule has 1 amide bonds. The summed E-state index contributed by atoms with van der Waals surface area (Å²) in [4.78, 5) is 12.1. The maximum Gasteiger partial charge on any atom is 0.234 e. The quantitative estimate of drug-likeness (QED) is 0.856. The molecule has 0 aliphatic carbocycles. The van der Waals surface area contributed by atoms with Crippen LogP contribution in [0.3, 0.4) is 0 Å². The Hall–Kier alpha value is -1.94. The number of nitrogens with one attached hydrogen (secondary N) is 1. The number of anilines is 1. The van der Waals surface area contributed by atoms with Crippen molar-refractivity contribution in [2.24, 2.45) is 0 Å². The third-order valence-electron chi connectivity index (χ3n) is 3.36. The molecule has 0 unspecified atom stereocenters. The second kappa shape index (κ2) is 7.90. The number of rotatable bonds is 6. The van der Waals surface area contributed by atoms with Crippen molar-refractivity contribution in [2.45, 2.75) is 19.1 Å². The lowest BCUT2D eigenvalue weighted by Gasteiger charge is -2.13. The van der Waals surface area contributed by atoms with Gasteiger partial charge in [-0.1, -0.05) is 36.4 Å². The van der Waals surface area contributed by atoms with Gasteiger partial charge < -0.3 is 10.1 Å². The SMILES string of the molecule is COc1ccc(C)cc1NC(=O)CS[C@H](C)c1ccccc1. The fraction of sp³-hybridized carbons (Fsp3) is 0.278. The summed E-state index contributed by atoms with van der Waals surface area (Å²) < 4.78 is 5.27. The van der Waals surface area contributed by atoms with E-state index in [2.05, 4.69) is 24.4 Å². The summed E-state index contributed by atoms with van der Waals surface area (Å²) in [6, 6.07) is 15.9. The van der Waals surface area contributed by atoms with Crippen molar-refractivity contribution in [2.75, 3.05) is 18.2 Å². The van der Waals surface area contributed by atoms with Crippen molar-refractivity contribution in [3.05, 3.63) is 59.7 Å². The van der Waals surface area contributed by atoms with E-state index in [0.29, 0.717) is 11.5 Å². The maximum atomic E-state index is 12.1. The lowest BCUT2D eigenvalue weighted by molar-refractivity contribution is -0.113. The first-order valence-electron chi connectivity index (χ1n) is 7.21. The van der Waals surface area contributed by atoms with E-state index in [1.54, 1.807) is 18.9 Å². The van der Waals surface area contributed by atoms with Crippen LogP contribution in [0.5, 0.6) is 5.75 Å². The van der Waals surface area contributed by atoms with Crippen molar-refractivity contribution in [3.63, 3.8) is 0 Å². The Bertz CT molecular complexity index is 628. The Balaban J connectivity index is 1.92. The number of hydrogen-bond acceptors (Lipinski definition) is 3. The minimum Gasteiger partial charge on any atom is -0.495 e. The van der Waals surface area contributed by atoms with Crippen molar-refractivity contribution in [3.8, 4) is 5.75 Å². The zero-order valence-corrected chi connectivity index (χ0v) is 13.9. The number of carbonyl (C=O) groups is 1. The molecule has 0 bridgehead atoms. The molecule has 116 valence electrons. The van der Waals surface area contributed by atoms with Gasteiger partial charge >= 0.3 is 0 Å². The van der Waals surface area contributed by atoms with Crippen LogP contribution in [0.2, 0.25) is 0 Å². The molecule has 2 aromatic carbocycles. The summed E-state index contributed by atoms with van der Waals surface area (Å²) in [7, 11) is 1.60. The minimum atomic E-state index is -0.0170. The standard InChI is InChI=1S/C18H21NO2S/c1-13-9-10-17(21-3)16(11-13)19-18(20)12-22-14(2)15-7-5-4-6-8-15/h4-11,14H,12H2,1-3H3,(H,19,20)/t14-/m1/s1. The average molecular weight is 315 g/mol. The third kappa shape index (κ3) is 4.53. The highest BCUT2D eigenvalue weighted by molar-refractivity contribution is 8.00. The first kappa shape index (κ1) is 16.4. The van der Waals surface area contributed by atoms with Gasteiger partial charge in [-0.15, -0.1) is 11.8 Å². The summed E-state index contributed by atoms with van der Waals surface area (Å²) in [5, 5.41) is 3.21. The first-order chi connectivity index (χ1) is 10.6. The molecule has 2 rings (SSSR count). The lowest BCUT2D eigenvalue weighted by atomic mass is 10.2. The van der Waals surface area contributed by atoms with Crippen LogP contribution < -0.4 is 10.1 Å². The van der Waals surface area contributed by atoms with Gasteiger partial charge in [0.05, 0.1) is 18.6 Å². The molecule has 0 spiro atoms. The molecule has 0 saturated heterocycles. The molecule has 0 aromatic heterocycles. The number of ether oxygens (including phenoxy) is 1. The van der Waals surface area contributed by atoms with E-state index in [1.165, 1.54) is 5.56 Å². The predicted molar refractivity (Wildman–Crippen MR) is 93.7 cm³/mol. The Kier molecular flexibility index (Phi) is 5.90. The Morgan fingerprint density at radius 2 is 1.95 bits per heavy atom. The molecule has 0 aliphatic heterocycles. The van der Waals surface area contributed by atoms with Gasteiger partial charge in [-0.2, -0.15) is 0 Å². The molecule has 1 N–H and O–H groups in total. The molecule has 0 heterocycles. The molecule has 2 aromatic rings. The average Bonchev–Trinajstić information content (AvgIpc) is 2.53. The Morgan fingerprint density at radius 1 is 1.23 bits per heavy atom. The summed E-state index contributed by atoms with van der Waals surface area (Å²) in [5.41, 5.74) is 3.04. The molecule has 1 atom stereocenters. The van der Waals surface area contributed by atoms with Gasteiger partial charge in [0.15, 0.2) is 0 Å². The van der Waals surface area contributed by atoms with Crippen LogP contribution in [-0.4, -0.2) is 18.8 Å². The number of aryl methyl sites for hydroxylation is 1. The molecule has 0 fully saturated rings. The highest BCUT2D eigenvalue weighted by Crippen LogP contribution is 2.29. The number of amides is 1. The van der Waals surface area contributed by atoms with Gasteiger partial charge in [0.1, 0.15) is 5.75 Å². The van der Waals surface area contributed by atoms with E-state index in [-0.39, 0.29) is 11.2 Å². The molecule has 22 heavy (non-hydrogen) atoms. The van der Waals surface area contributed by atoms with Crippen LogP contribution in [0.1, 0.15) is 23.3 Å². The topological polar surface area (TPSA) is 38.3 Å². The zero-order valence-electron chi connectivity index (χ0n) is 13.1. The van der Waals surface area contributed by atoms with Gasteiger partial charge in [-0.05, 0) is 37.1 Å². The summed E-state index contributed by atoms with van der Waals surface area (Å²) >= 11 is 1.62. The molecule has 0 saturated carbocycles. The normalized spacial score (nSPS) is 11.8. The highest BCUT2D eigenvalue weighted by atomic mass is 32.2. The number of benzene rings is 2. The molecule has 0 aliphatic rings. The Morgan fingerprint density at radius 3 is 2.64 bits per heavy atom. The molecular formula is C18H21NO2S. The van der Waals surface area contributed by atoms with Gasteiger partial charge in [-0.3, -0.25) is 4.79 Å². The molecule has 3 nitrogen and oxygen atoms in total. The van der Waals surface area contributed by atoms with E-state index >= 15 is 0 Å². The fourth-order valence-electron chi connectivity index (χ4n) is 2.13. The van der Waals surface area contributed by atoms with Crippen LogP contribution >= 0.6 is 11.8 Å². The number of methoxy groups -OCH3 is 1. The van der Waals surface area contributed by atoms with Crippen molar-refractivity contribution < 1.29 is 9.53 Å². The third-order valence-corrected chi connectivity index (χ3v) is 4.56. The maximum absolute atomic E-state index is 12.1. The number of carbonyl (C=O) groups excluding carboxylic acids is 1. The van der Waals surface area contributed by atoms with E-state index in [9.17, 15) is 4.79 Å². The number of thioether (sulfide) groups is 1. The molecule has 0 radical (unpaired) electrons. The van der Waals surface area contributed by atoms with E-state index in [0.717, 1.165) is 11.3 Å². The lowest BCUT2D eigenvalue weighted by Crippen LogP contribution is -2.15. The second-order valence-corrected chi connectivity index (χ2v) is 6.44. The van der Waals surface area contributed by atoms with Gasteiger partial charge in [0.25, 0.3) is 0 Å². The fourth-order valence-corrected chi connectivity index (χ4v) is 2.95. The summed E-state index contributed by atoms with van der Waals surface area (Å²) in [5.74, 6) is 1.07. The van der Waals surface area contributed by atoms with Crippen molar-refractivity contribution in [1.82, 2.24) is 0 Å². The summed E-state index contributed by atoms with van der Waals surface area (Å²) in [6.45, 7) is 4.10. The van der Waals surface area contributed by atoms with Gasteiger partial charge in [0.2, 0.25) is 5.91 Å². The van der Waals surface area contributed by atoms with Crippen LogP contribution in [0, 0.1) is 6.92 Å². The zero-order chi connectivity index (χ0) is 15.9. The first-order valence-corrected chi connectivity index (χ1v) is 8.26. The predicted octanol–water partition coefficient (Wildman–Crippen LogP) is 4.44. The van der Waals surface area contributed by atoms with Crippen LogP contribution in [0.4, 0.5) is 5.69 Å². The monoisotopic (exact) mass is 315 g/mol. The van der Waals surface area contributed by atoms with Gasteiger partial charge in [0, 0.05) is 5.25 Å². The largest absolute Gasteiger partial charge is 0.495 e.